The molecule has 0 unspecified atom stereocenters. The number of hydrogen-bond acceptors (Lipinski definition) is 5. The van der Waals surface area contributed by atoms with Crippen LogP contribution in [0.1, 0.15) is 22.1 Å². The van der Waals surface area contributed by atoms with Crippen LogP contribution in [0.15, 0.2) is 76.2 Å². The van der Waals surface area contributed by atoms with Gasteiger partial charge in [0.15, 0.2) is 9.84 Å². The van der Waals surface area contributed by atoms with Gasteiger partial charge in [0, 0.05) is 18.1 Å². The topological polar surface area (TPSA) is 105 Å². The summed E-state index contributed by atoms with van der Waals surface area (Å²) in [5.41, 5.74) is 1.68. The van der Waals surface area contributed by atoms with Crippen molar-refractivity contribution in [1.82, 2.24) is 10.6 Å². The Bertz CT molecular complexity index is 1140. The van der Waals surface area contributed by atoms with Crippen molar-refractivity contribution in [3.05, 3.63) is 88.8 Å². The SMILES string of the molecule is Cc1ccc(S(=O)(=O)[C@@H](CNC(=O)C(=O)NCc2ccc(Cl)cc2)c2ccco2)cc1. The number of carbonyl (C=O) groups excluding carboxylic acids is 2. The van der Waals surface area contributed by atoms with Crippen LogP contribution in [0.25, 0.3) is 0 Å². The molecule has 1 aromatic heterocycles. The number of benzene rings is 2. The Morgan fingerprint density at radius 2 is 1.61 bits per heavy atom. The summed E-state index contributed by atoms with van der Waals surface area (Å²) in [4.78, 5) is 24.4. The molecular weight excluding hydrogens is 440 g/mol. The maximum atomic E-state index is 13.1. The molecule has 0 aliphatic heterocycles. The van der Waals surface area contributed by atoms with E-state index in [1.807, 2.05) is 6.92 Å². The first kappa shape index (κ1) is 22.6. The molecule has 0 aliphatic rings. The molecule has 0 saturated carbocycles. The average Bonchev–Trinajstić information content (AvgIpc) is 3.27. The fourth-order valence-corrected chi connectivity index (χ4v) is 4.57. The molecule has 0 fully saturated rings. The zero-order valence-corrected chi connectivity index (χ0v) is 18.2. The van der Waals surface area contributed by atoms with E-state index in [0.717, 1.165) is 11.1 Å². The molecule has 1 atom stereocenters. The molecule has 31 heavy (non-hydrogen) atoms. The predicted octanol–water partition coefficient (Wildman–Crippen LogP) is 3.19. The highest BCUT2D eigenvalue weighted by atomic mass is 35.5. The predicted molar refractivity (Wildman–Crippen MR) is 116 cm³/mol. The second-order valence-corrected chi connectivity index (χ2v) is 9.45. The number of furan rings is 1. The minimum atomic E-state index is -3.87. The molecule has 2 amide bonds. The number of nitrogens with one attached hydrogen (secondary N) is 2. The van der Waals surface area contributed by atoms with Crippen LogP contribution in [-0.2, 0) is 26.0 Å². The molecule has 2 N–H and O–H groups in total. The Labute approximate surface area is 185 Å². The Kier molecular flexibility index (Phi) is 7.14. The van der Waals surface area contributed by atoms with Gasteiger partial charge in [0.05, 0.1) is 11.2 Å². The smallest absolute Gasteiger partial charge is 0.309 e. The van der Waals surface area contributed by atoms with E-state index in [2.05, 4.69) is 10.6 Å². The van der Waals surface area contributed by atoms with Gasteiger partial charge in [0.2, 0.25) is 0 Å². The summed E-state index contributed by atoms with van der Waals surface area (Å²) in [6.07, 6.45) is 1.35. The van der Waals surface area contributed by atoms with Gasteiger partial charge in [0.1, 0.15) is 11.0 Å². The third kappa shape index (κ3) is 5.74. The van der Waals surface area contributed by atoms with E-state index < -0.39 is 26.9 Å². The van der Waals surface area contributed by atoms with Gasteiger partial charge >= 0.3 is 11.8 Å². The lowest BCUT2D eigenvalue weighted by atomic mass is 10.2. The Hall–Kier alpha value is -3.10. The average molecular weight is 461 g/mol. The number of rotatable bonds is 7. The monoisotopic (exact) mass is 460 g/mol. The summed E-state index contributed by atoms with van der Waals surface area (Å²) >= 11 is 5.82. The van der Waals surface area contributed by atoms with Crippen LogP contribution < -0.4 is 10.6 Å². The summed E-state index contributed by atoms with van der Waals surface area (Å²) in [6, 6.07) is 16.3. The van der Waals surface area contributed by atoms with E-state index in [-0.39, 0.29) is 23.7 Å². The number of hydrogen-bond donors (Lipinski definition) is 2. The van der Waals surface area contributed by atoms with Gasteiger partial charge in [-0.15, -0.1) is 0 Å². The molecule has 0 radical (unpaired) electrons. The quantitative estimate of drug-likeness (QED) is 0.527. The fraction of sp³-hybridized carbons (Fsp3) is 0.182. The van der Waals surface area contributed by atoms with E-state index in [4.69, 9.17) is 16.0 Å². The van der Waals surface area contributed by atoms with E-state index in [1.165, 1.54) is 24.5 Å². The molecule has 0 aliphatic carbocycles. The van der Waals surface area contributed by atoms with Crippen LogP contribution in [0.5, 0.6) is 0 Å². The maximum absolute atomic E-state index is 13.1. The van der Waals surface area contributed by atoms with Gasteiger partial charge in [0.25, 0.3) is 0 Å². The number of sulfone groups is 1. The summed E-state index contributed by atoms with van der Waals surface area (Å²) in [7, 11) is -3.87. The minimum absolute atomic E-state index is 0.0981. The van der Waals surface area contributed by atoms with Gasteiger partial charge in [-0.2, -0.15) is 0 Å². The van der Waals surface area contributed by atoms with Crippen LogP contribution in [0.3, 0.4) is 0 Å². The lowest BCUT2D eigenvalue weighted by molar-refractivity contribution is -0.139. The van der Waals surface area contributed by atoms with Gasteiger partial charge in [-0.05, 0) is 48.9 Å². The first-order chi connectivity index (χ1) is 14.8. The minimum Gasteiger partial charge on any atom is -0.468 e. The van der Waals surface area contributed by atoms with Crippen molar-refractivity contribution in [2.75, 3.05) is 6.54 Å². The molecular formula is C22H21ClN2O5S. The molecule has 3 rings (SSSR count). The number of amides is 2. The molecule has 1 heterocycles. The largest absolute Gasteiger partial charge is 0.468 e. The molecule has 0 bridgehead atoms. The van der Waals surface area contributed by atoms with E-state index >= 15 is 0 Å². The summed E-state index contributed by atoms with van der Waals surface area (Å²) in [5.74, 6) is -1.65. The summed E-state index contributed by atoms with van der Waals surface area (Å²) in [6.45, 7) is 1.66. The molecule has 0 saturated heterocycles. The van der Waals surface area contributed by atoms with Crippen molar-refractivity contribution in [2.24, 2.45) is 0 Å². The number of carbonyl (C=O) groups is 2. The van der Waals surface area contributed by atoms with Crippen molar-refractivity contribution in [3.8, 4) is 0 Å². The third-order valence-electron chi connectivity index (χ3n) is 4.61. The number of halogens is 1. The summed E-state index contributed by atoms with van der Waals surface area (Å²) in [5, 5.41) is 4.26. The van der Waals surface area contributed by atoms with Crippen molar-refractivity contribution in [2.45, 2.75) is 23.6 Å². The van der Waals surface area contributed by atoms with E-state index in [0.29, 0.717) is 5.02 Å². The summed E-state index contributed by atoms with van der Waals surface area (Å²) < 4.78 is 31.6. The molecule has 2 aromatic carbocycles. The van der Waals surface area contributed by atoms with Gasteiger partial charge in [-0.3, -0.25) is 9.59 Å². The highest BCUT2D eigenvalue weighted by Crippen LogP contribution is 2.29. The normalized spacial score (nSPS) is 12.2. The van der Waals surface area contributed by atoms with Crippen molar-refractivity contribution in [1.29, 1.82) is 0 Å². The second-order valence-electron chi connectivity index (χ2n) is 6.88. The van der Waals surface area contributed by atoms with Crippen LogP contribution >= 0.6 is 11.6 Å². The molecule has 0 spiro atoms. The third-order valence-corrected chi connectivity index (χ3v) is 6.93. The highest BCUT2D eigenvalue weighted by molar-refractivity contribution is 7.91. The van der Waals surface area contributed by atoms with E-state index in [1.54, 1.807) is 42.5 Å². The zero-order valence-electron chi connectivity index (χ0n) is 16.7. The Morgan fingerprint density at radius 1 is 0.968 bits per heavy atom. The lowest BCUT2D eigenvalue weighted by Crippen LogP contribution is -2.42. The standard InChI is InChI=1S/C22H21ClN2O5S/c1-15-4-10-18(11-5-15)31(28,29)20(19-3-2-12-30-19)14-25-22(27)21(26)24-13-16-6-8-17(23)9-7-16/h2-12,20H,13-14H2,1H3,(H,24,26)(H,25,27)/t20-/m0/s1. The first-order valence-corrected chi connectivity index (χ1v) is 11.3. The van der Waals surface area contributed by atoms with Crippen LogP contribution in [0.2, 0.25) is 5.02 Å². The van der Waals surface area contributed by atoms with Gasteiger partial charge in [-0.1, -0.05) is 41.4 Å². The fourth-order valence-electron chi connectivity index (χ4n) is 2.86. The molecule has 7 nitrogen and oxygen atoms in total. The highest BCUT2D eigenvalue weighted by Gasteiger charge is 2.32. The Balaban J connectivity index is 1.68. The van der Waals surface area contributed by atoms with E-state index in [9.17, 15) is 18.0 Å². The zero-order chi connectivity index (χ0) is 22.4. The lowest BCUT2D eigenvalue weighted by Gasteiger charge is -2.17. The molecule has 3 aromatic rings. The number of aryl methyl sites for hydroxylation is 1. The van der Waals surface area contributed by atoms with Gasteiger partial charge in [-0.25, -0.2) is 8.42 Å². The second kappa shape index (κ2) is 9.80. The van der Waals surface area contributed by atoms with Gasteiger partial charge < -0.3 is 15.1 Å². The Morgan fingerprint density at radius 3 is 2.23 bits per heavy atom. The van der Waals surface area contributed by atoms with Crippen molar-refractivity contribution in [3.63, 3.8) is 0 Å². The van der Waals surface area contributed by atoms with Crippen LogP contribution in [0, 0.1) is 6.92 Å². The molecule has 162 valence electrons. The van der Waals surface area contributed by atoms with Crippen molar-refractivity contribution < 1.29 is 22.4 Å². The molecule has 9 heteroatoms. The first-order valence-electron chi connectivity index (χ1n) is 9.42. The van der Waals surface area contributed by atoms with Crippen LogP contribution in [0.4, 0.5) is 0 Å². The maximum Gasteiger partial charge on any atom is 0.309 e. The van der Waals surface area contributed by atoms with Crippen molar-refractivity contribution >= 4 is 33.3 Å². The van der Waals surface area contributed by atoms with Crippen LogP contribution in [-0.4, -0.2) is 26.8 Å².